The van der Waals surface area contributed by atoms with E-state index in [1.165, 1.54) is 0 Å². The second-order valence-electron chi connectivity index (χ2n) is 5.55. The molecule has 0 aliphatic carbocycles. The first-order valence-electron chi connectivity index (χ1n) is 7.36. The molecule has 3 unspecified atom stereocenters. The van der Waals surface area contributed by atoms with E-state index in [1.54, 1.807) is 6.92 Å². The van der Waals surface area contributed by atoms with Crippen LogP contribution in [-0.2, 0) is 14.3 Å². The standard InChI is InChI=1S/C14H25NO4/c1-11(16)9-12-5-3-2-4-6-15(12)14(17)13-10-18-7-8-19-13/h11-13,16H,2-10H2,1H3. The van der Waals surface area contributed by atoms with E-state index in [0.717, 1.165) is 32.2 Å². The first-order chi connectivity index (χ1) is 9.18. The molecule has 2 aliphatic rings. The van der Waals surface area contributed by atoms with Crippen LogP contribution in [0.3, 0.4) is 0 Å². The zero-order valence-corrected chi connectivity index (χ0v) is 11.7. The largest absolute Gasteiger partial charge is 0.393 e. The molecule has 0 aromatic carbocycles. The summed E-state index contributed by atoms with van der Waals surface area (Å²) in [7, 11) is 0. The normalized spacial score (nSPS) is 30.7. The Hall–Kier alpha value is -0.650. The van der Waals surface area contributed by atoms with Gasteiger partial charge in [0.05, 0.1) is 25.9 Å². The van der Waals surface area contributed by atoms with Gasteiger partial charge in [0.15, 0.2) is 6.10 Å². The molecule has 2 heterocycles. The van der Waals surface area contributed by atoms with Crippen LogP contribution in [0.25, 0.3) is 0 Å². The molecule has 2 saturated heterocycles. The second-order valence-corrected chi connectivity index (χ2v) is 5.55. The summed E-state index contributed by atoms with van der Waals surface area (Å²) < 4.78 is 10.8. The lowest BCUT2D eigenvalue weighted by molar-refractivity contribution is -0.160. The van der Waals surface area contributed by atoms with Gasteiger partial charge in [-0.15, -0.1) is 0 Å². The molecule has 2 fully saturated rings. The fraction of sp³-hybridized carbons (Fsp3) is 0.929. The molecule has 0 radical (unpaired) electrons. The van der Waals surface area contributed by atoms with Gasteiger partial charge in [-0.25, -0.2) is 0 Å². The summed E-state index contributed by atoms with van der Waals surface area (Å²) in [5, 5.41) is 9.61. The van der Waals surface area contributed by atoms with Gasteiger partial charge in [-0.05, 0) is 26.2 Å². The summed E-state index contributed by atoms with van der Waals surface area (Å²) in [5.74, 6) is 0.0345. The van der Waals surface area contributed by atoms with E-state index in [4.69, 9.17) is 9.47 Å². The predicted octanol–water partition coefficient (Wildman–Crippen LogP) is 0.944. The lowest BCUT2D eigenvalue weighted by Gasteiger charge is -2.34. The number of carbonyl (C=O) groups excluding carboxylic acids is 1. The average molecular weight is 271 g/mol. The summed E-state index contributed by atoms with van der Waals surface area (Å²) in [5.41, 5.74) is 0. The quantitative estimate of drug-likeness (QED) is 0.830. The minimum Gasteiger partial charge on any atom is -0.393 e. The van der Waals surface area contributed by atoms with Gasteiger partial charge in [0.2, 0.25) is 0 Å². The molecular formula is C14H25NO4. The summed E-state index contributed by atoms with van der Waals surface area (Å²) >= 11 is 0. The van der Waals surface area contributed by atoms with E-state index in [0.29, 0.717) is 26.2 Å². The second kappa shape index (κ2) is 7.22. The molecule has 0 bridgehead atoms. The molecule has 0 saturated carbocycles. The van der Waals surface area contributed by atoms with Crippen LogP contribution in [0.1, 0.15) is 39.0 Å². The monoisotopic (exact) mass is 271 g/mol. The van der Waals surface area contributed by atoms with Gasteiger partial charge in [0.1, 0.15) is 0 Å². The first kappa shape index (κ1) is 14.8. The number of nitrogens with zero attached hydrogens (tertiary/aromatic N) is 1. The molecule has 2 aliphatic heterocycles. The van der Waals surface area contributed by atoms with Crippen molar-refractivity contribution in [2.75, 3.05) is 26.4 Å². The van der Waals surface area contributed by atoms with Crippen LogP contribution in [0, 0.1) is 0 Å². The number of rotatable bonds is 3. The number of aliphatic hydroxyl groups is 1. The zero-order valence-electron chi connectivity index (χ0n) is 11.7. The van der Waals surface area contributed by atoms with Gasteiger partial charge in [-0.1, -0.05) is 12.8 Å². The maximum Gasteiger partial charge on any atom is 0.254 e. The van der Waals surface area contributed by atoms with E-state index in [2.05, 4.69) is 0 Å². The van der Waals surface area contributed by atoms with Gasteiger partial charge in [0, 0.05) is 12.6 Å². The van der Waals surface area contributed by atoms with Crippen LogP contribution >= 0.6 is 0 Å². The van der Waals surface area contributed by atoms with E-state index < -0.39 is 6.10 Å². The highest BCUT2D eigenvalue weighted by molar-refractivity contribution is 5.81. The van der Waals surface area contributed by atoms with E-state index in [-0.39, 0.29) is 18.1 Å². The fourth-order valence-electron chi connectivity index (χ4n) is 2.92. The molecule has 2 rings (SSSR count). The van der Waals surface area contributed by atoms with Gasteiger partial charge >= 0.3 is 0 Å². The van der Waals surface area contributed by atoms with Crippen molar-refractivity contribution in [3.63, 3.8) is 0 Å². The lowest BCUT2D eigenvalue weighted by Crippen LogP contribution is -2.50. The molecule has 1 N–H and O–H groups in total. The molecule has 3 atom stereocenters. The summed E-state index contributed by atoms with van der Waals surface area (Å²) in [6.07, 6.45) is 4.12. The Kier molecular flexibility index (Phi) is 5.60. The van der Waals surface area contributed by atoms with Crippen molar-refractivity contribution in [3.8, 4) is 0 Å². The Morgan fingerprint density at radius 3 is 2.89 bits per heavy atom. The molecule has 1 amide bonds. The maximum absolute atomic E-state index is 12.5. The van der Waals surface area contributed by atoms with Crippen LogP contribution < -0.4 is 0 Å². The van der Waals surface area contributed by atoms with Crippen molar-refractivity contribution in [3.05, 3.63) is 0 Å². The first-order valence-corrected chi connectivity index (χ1v) is 7.36. The SMILES string of the molecule is CC(O)CC1CCCCCN1C(=O)C1COCCO1. The fourth-order valence-corrected chi connectivity index (χ4v) is 2.92. The van der Waals surface area contributed by atoms with Crippen LogP contribution in [-0.4, -0.2) is 60.5 Å². The number of amides is 1. The molecule has 110 valence electrons. The highest BCUT2D eigenvalue weighted by Gasteiger charge is 2.32. The number of carbonyl (C=O) groups is 1. The minimum atomic E-state index is -0.455. The lowest BCUT2D eigenvalue weighted by atomic mass is 10.0. The van der Waals surface area contributed by atoms with Gasteiger partial charge in [-0.3, -0.25) is 4.79 Å². The van der Waals surface area contributed by atoms with E-state index in [9.17, 15) is 9.90 Å². The van der Waals surface area contributed by atoms with Crippen molar-refractivity contribution in [2.45, 2.75) is 57.3 Å². The zero-order chi connectivity index (χ0) is 13.7. The number of hydrogen-bond donors (Lipinski definition) is 1. The number of ether oxygens (including phenoxy) is 2. The van der Waals surface area contributed by atoms with Crippen LogP contribution in [0.5, 0.6) is 0 Å². The van der Waals surface area contributed by atoms with Crippen molar-refractivity contribution < 1.29 is 19.4 Å². The number of likely N-dealkylation sites (tertiary alicyclic amines) is 1. The van der Waals surface area contributed by atoms with Crippen LogP contribution in [0.15, 0.2) is 0 Å². The number of aliphatic hydroxyl groups excluding tert-OH is 1. The summed E-state index contributed by atoms with van der Waals surface area (Å²) in [6.45, 7) is 3.98. The predicted molar refractivity (Wildman–Crippen MR) is 70.8 cm³/mol. The highest BCUT2D eigenvalue weighted by Crippen LogP contribution is 2.22. The molecular weight excluding hydrogens is 246 g/mol. The molecule has 0 aromatic rings. The molecule has 19 heavy (non-hydrogen) atoms. The van der Waals surface area contributed by atoms with Crippen LogP contribution in [0.4, 0.5) is 0 Å². The van der Waals surface area contributed by atoms with E-state index in [1.807, 2.05) is 4.90 Å². The van der Waals surface area contributed by atoms with Gasteiger partial charge < -0.3 is 19.5 Å². The third-order valence-electron chi connectivity index (χ3n) is 3.86. The highest BCUT2D eigenvalue weighted by atomic mass is 16.6. The van der Waals surface area contributed by atoms with Gasteiger partial charge in [0.25, 0.3) is 5.91 Å². The summed E-state index contributed by atoms with van der Waals surface area (Å²) in [4.78, 5) is 14.5. The van der Waals surface area contributed by atoms with Gasteiger partial charge in [-0.2, -0.15) is 0 Å². The Morgan fingerprint density at radius 2 is 2.21 bits per heavy atom. The molecule has 5 nitrogen and oxygen atoms in total. The molecule has 0 aromatic heterocycles. The number of hydrogen-bond acceptors (Lipinski definition) is 4. The third kappa shape index (κ3) is 4.16. The topological polar surface area (TPSA) is 59.0 Å². The third-order valence-corrected chi connectivity index (χ3v) is 3.86. The smallest absolute Gasteiger partial charge is 0.254 e. The Morgan fingerprint density at radius 1 is 1.37 bits per heavy atom. The Bertz CT molecular complexity index is 289. The van der Waals surface area contributed by atoms with Crippen molar-refractivity contribution in [2.24, 2.45) is 0 Å². The maximum atomic E-state index is 12.5. The minimum absolute atomic E-state index is 0.0345. The van der Waals surface area contributed by atoms with Crippen LogP contribution in [0.2, 0.25) is 0 Å². The Balaban J connectivity index is 2.01. The summed E-state index contributed by atoms with van der Waals surface area (Å²) in [6, 6.07) is 0.139. The average Bonchev–Trinajstić information content (AvgIpc) is 2.64. The van der Waals surface area contributed by atoms with Crippen molar-refractivity contribution in [1.82, 2.24) is 4.90 Å². The molecule has 0 spiro atoms. The Labute approximate surface area is 114 Å². The van der Waals surface area contributed by atoms with E-state index >= 15 is 0 Å². The van der Waals surface area contributed by atoms with Crippen molar-refractivity contribution >= 4 is 5.91 Å². The molecule has 5 heteroatoms. The van der Waals surface area contributed by atoms with Crippen molar-refractivity contribution in [1.29, 1.82) is 0 Å².